The topological polar surface area (TPSA) is 35.6 Å². The summed E-state index contributed by atoms with van der Waals surface area (Å²) in [5.74, 6) is -0.473. The van der Waals surface area contributed by atoms with E-state index in [1.54, 1.807) is 11.7 Å². The number of hydrogen-bond acceptors (Lipinski definition) is 2. The van der Waals surface area contributed by atoms with Gasteiger partial charge in [0, 0.05) is 19.3 Å². The molecule has 0 spiro atoms. The lowest BCUT2D eigenvalue weighted by Gasteiger charge is -2.11. The fourth-order valence-corrected chi connectivity index (χ4v) is 2.68. The number of benzene rings is 1. The van der Waals surface area contributed by atoms with E-state index in [-0.39, 0.29) is 5.69 Å². The number of hydrogen-bond donors (Lipinski definition) is 0. The Bertz CT molecular complexity index is 802. The van der Waals surface area contributed by atoms with Crippen molar-refractivity contribution in [1.29, 1.82) is 0 Å². The maximum Gasteiger partial charge on any atom is 0.163 e. The van der Waals surface area contributed by atoms with E-state index < -0.39 is 11.6 Å². The maximum absolute atomic E-state index is 14.1. The van der Waals surface area contributed by atoms with Crippen molar-refractivity contribution >= 4 is 22.8 Å². The van der Waals surface area contributed by atoms with Crippen LogP contribution in [0.2, 0.25) is 0 Å². The first-order chi connectivity index (χ1) is 10.0. The van der Waals surface area contributed by atoms with Gasteiger partial charge in [0.2, 0.25) is 0 Å². The molecule has 0 fully saturated rings. The van der Waals surface area contributed by atoms with Crippen LogP contribution in [0.5, 0.6) is 0 Å². The standard InChI is InChI=1S/C14H13ClF2N4/c1-8-12-14(20(2)19-8)21(11(18-12)6-7-15)13-9(16)4-3-5-10(13)17/h3-5H,6-7H2,1-2H3. The van der Waals surface area contributed by atoms with Crippen molar-refractivity contribution in [2.24, 2.45) is 7.05 Å². The average molecular weight is 311 g/mol. The van der Waals surface area contributed by atoms with Crippen LogP contribution in [0, 0.1) is 18.6 Å². The van der Waals surface area contributed by atoms with Gasteiger partial charge in [-0.2, -0.15) is 5.10 Å². The maximum atomic E-state index is 14.1. The highest BCUT2D eigenvalue weighted by atomic mass is 35.5. The van der Waals surface area contributed by atoms with E-state index in [0.717, 1.165) is 0 Å². The Hall–Kier alpha value is -1.95. The van der Waals surface area contributed by atoms with Crippen LogP contribution in [-0.4, -0.2) is 25.2 Å². The molecule has 0 unspecified atom stereocenters. The minimum Gasteiger partial charge on any atom is -0.275 e. The molecule has 0 N–H and O–H groups in total. The van der Waals surface area contributed by atoms with Crippen molar-refractivity contribution in [3.63, 3.8) is 0 Å². The van der Waals surface area contributed by atoms with Gasteiger partial charge < -0.3 is 0 Å². The van der Waals surface area contributed by atoms with Gasteiger partial charge in [0.05, 0.1) is 5.69 Å². The zero-order valence-corrected chi connectivity index (χ0v) is 12.3. The molecule has 0 aliphatic carbocycles. The number of halogens is 3. The van der Waals surface area contributed by atoms with Crippen molar-refractivity contribution in [3.8, 4) is 5.69 Å². The summed E-state index contributed by atoms with van der Waals surface area (Å²) in [7, 11) is 1.72. The lowest BCUT2D eigenvalue weighted by Crippen LogP contribution is -2.09. The van der Waals surface area contributed by atoms with Crippen molar-refractivity contribution < 1.29 is 8.78 Å². The summed E-state index contributed by atoms with van der Waals surface area (Å²) in [6.07, 6.45) is 0.406. The second-order valence-corrected chi connectivity index (χ2v) is 5.13. The molecule has 0 aliphatic heterocycles. The Morgan fingerprint density at radius 1 is 1.24 bits per heavy atom. The quantitative estimate of drug-likeness (QED) is 0.697. The van der Waals surface area contributed by atoms with E-state index in [0.29, 0.717) is 35.0 Å². The van der Waals surface area contributed by atoms with Crippen LogP contribution in [0.1, 0.15) is 11.5 Å². The minimum atomic E-state index is -0.649. The second kappa shape index (κ2) is 5.11. The van der Waals surface area contributed by atoms with Gasteiger partial charge in [-0.15, -0.1) is 11.6 Å². The Morgan fingerprint density at radius 2 is 1.90 bits per heavy atom. The summed E-state index contributed by atoms with van der Waals surface area (Å²) in [6, 6.07) is 3.77. The van der Waals surface area contributed by atoms with Gasteiger partial charge in [-0.3, -0.25) is 4.57 Å². The zero-order valence-electron chi connectivity index (χ0n) is 11.6. The van der Waals surface area contributed by atoms with Crippen LogP contribution in [0.15, 0.2) is 18.2 Å². The smallest absolute Gasteiger partial charge is 0.163 e. The number of rotatable bonds is 3. The molecule has 0 bridgehead atoms. The van der Waals surface area contributed by atoms with Crippen LogP contribution in [0.4, 0.5) is 8.78 Å². The van der Waals surface area contributed by atoms with E-state index in [4.69, 9.17) is 11.6 Å². The molecule has 0 amide bonds. The summed E-state index contributed by atoms with van der Waals surface area (Å²) < 4.78 is 31.3. The van der Waals surface area contributed by atoms with Crippen LogP contribution in [0.25, 0.3) is 16.9 Å². The Morgan fingerprint density at radius 3 is 2.52 bits per heavy atom. The fraction of sp³-hybridized carbons (Fsp3) is 0.286. The molecule has 3 rings (SSSR count). The largest absolute Gasteiger partial charge is 0.275 e. The van der Waals surface area contributed by atoms with Crippen molar-refractivity contribution in [2.45, 2.75) is 13.3 Å². The number of aryl methyl sites for hydroxylation is 3. The molecule has 4 nitrogen and oxygen atoms in total. The van der Waals surface area contributed by atoms with Crippen molar-refractivity contribution in [2.75, 3.05) is 5.88 Å². The molecule has 2 heterocycles. The summed E-state index contributed by atoms with van der Waals surface area (Å²) >= 11 is 5.79. The van der Waals surface area contributed by atoms with Crippen molar-refractivity contribution in [3.05, 3.63) is 41.4 Å². The first-order valence-corrected chi connectivity index (χ1v) is 6.99. The number of nitrogens with zero attached hydrogens (tertiary/aromatic N) is 4. The number of fused-ring (bicyclic) bond motifs is 1. The van der Waals surface area contributed by atoms with Crippen molar-refractivity contribution in [1.82, 2.24) is 19.3 Å². The highest BCUT2D eigenvalue weighted by molar-refractivity contribution is 6.17. The molecule has 21 heavy (non-hydrogen) atoms. The summed E-state index contributed by atoms with van der Waals surface area (Å²) in [5, 5.41) is 4.25. The van der Waals surface area contributed by atoms with Gasteiger partial charge >= 0.3 is 0 Å². The summed E-state index contributed by atoms with van der Waals surface area (Å²) in [6.45, 7) is 1.81. The molecule has 0 aliphatic rings. The third-order valence-corrected chi connectivity index (χ3v) is 3.54. The lowest BCUT2D eigenvalue weighted by atomic mass is 10.2. The van der Waals surface area contributed by atoms with E-state index >= 15 is 0 Å². The molecule has 1 aromatic carbocycles. The van der Waals surface area contributed by atoms with E-state index in [9.17, 15) is 8.78 Å². The van der Waals surface area contributed by atoms with Crippen LogP contribution >= 0.6 is 11.6 Å². The van der Waals surface area contributed by atoms with Gasteiger partial charge in [0.1, 0.15) is 28.7 Å². The van der Waals surface area contributed by atoms with E-state index in [1.165, 1.54) is 22.8 Å². The fourth-order valence-electron chi connectivity index (χ4n) is 2.51. The van der Waals surface area contributed by atoms with Crippen LogP contribution in [0.3, 0.4) is 0 Å². The molecule has 0 radical (unpaired) electrons. The third-order valence-electron chi connectivity index (χ3n) is 3.35. The molecular formula is C14H13ClF2N4. The zero-order chi connectivity index (χ0) is 15.1. The predicted molar refractivity (Wildman–Crippen MR) is 76.9 cm³/mol. The molecule has 2 aromatic heterocycles. The number of para-hydroxylation sites is 1. The Kier molecular flexibility index (Phi) is 3.41. The second-order valence-electron chi connectivity index (χ2n) is 4.75. The SMILES string of the molecule is Cc1nn(C)c2c1nc(CCCl)n2-c1c(F)cccc1F. The average Bonchev–Trinajstić information content (AvgIpc) is 2.90. The number of aromatic nitrogens is 4. The molecule has 0 atom stereocenters. The Labute approximate surface area is 125 Å². The predicted octanol–water partition coefficient (Wildman–Crippen LogP) is 3.13. The highest BCUT2D eigenvalue weighted by Crippen LogP contribution is 2.27. The Balaban J connectivity index is 2.42. The molecule has 0 saturated carbocycles. The van der Waals surface area contributed by atoms with Gasteiger partial charge in [0.15, 0.2) is 5.65 Å². The van der Waals surface area contributed by atoms with E-state index in [2.05, 4.69) is 10.1 Å². The molecule has 0 saturated heterocycles. The molecule has 7 heteroatoms. The highest BCUT2D eigenvalue weighted by Gasteiger charge is 2.22. The summed E-state index contributed by atoms with van der Waals surface area (Å²) in [5.41, 5.74) is 1.74. The first-order valence-electron chi connectivity index (χ1n) is 6.46. The minimum absolute atomic E-state index is 0.150. The van der Waals surface area contributed by atoms with Crippen LogP contribution in [-0.2, 0) is 13.5 Å². The van der Waals surface area contributed by atoms with Gasteiger partial charge in [-0.1, -0.05) is 6.07 Å². The van der Waals surface area contributed by atoms with Gasteiger partial charge in [0.25, 0.3) is 0 Å². The van der Waals surface area contributed by atoms with Gasteiger partial charge in [-0.05, 0) is 19.1 Å². The molecule has 3 aromatic rings. The number of alkyl halides is 1. The monoisotopic (exact) mass is 310 g/mol. The van der Waals surface area contributed by atoms with Gasteiger partial charge in [-0.25, -0.2) is 18.4 Å². The van der Waals surface area contributed by atoms with Crippen LogP contribution < -0.4 is 0 Å². The summed E-state index contributed by atoms with van der Waals surface area (Å²) in [4.78, 5) is 4.44. The molecule has 110 valence electrons. The third kappa shape index (κ3) is 2.10. The normalized spacial score (nSPS) is 11.5. The van der Waals surface area contributed by atoms with E-state index in [1.807, 2.05) is 6.92 Å². The number of imidazole rings is 1. The first kappa shape index (κ1) is 14.0. The molecular weight excluding hydrogens is 298 g/mol. The lowest BCUT2D eigenvalue weighted by molar-refractivity contribution is 0.565.